The Morgan fingerprint density at radius 3 is 2.41 bits per heavy atom. The van der Waals surface area contributed by atoms with Crippen molar-refractivity contribution in [3.05, 3.63) is 35.4 Å². The molecule has 1 aliphatic carbocycles. The standard InChI is InChI=1S/C14H18N2.ClH/c1-14(7-2-8-14)11-16-10-13-5-3-12(9-15)4-6-13;/h3-6,16H,2,7-8,10-11H2,1H3;1H. The van der Waals surface area contributed by atoms with Crippen molar-refractivity contribution < 1.29 is 0 Å². The fourth-order valence-corrected chi connectivity index (χ4v) is 2.16. The van der Waals surface area contributed by atoms with E-state index in [1.54, 1.807) is 0 Å². The number of hydrogen-bond donors (Lipinski definition) is 1. The van der Waals surface area contributed by atoms with Crippen LogP contribution in [0.1, 0.15) is 37.3 Å². The number of rotatable bonds is 4. The molecule has 0 radical (unpaired) electrons. The zero-order chi connectivity index (χ0) is 11.4. The van der Waals surface area contributed by atoms with E-state index in [0.29, 0.717) is 5.41 Å². The van der Waals surface area contributed by atoms with Crippen molar-refractivity contribution in [2.75, 3.05) is 6.54 Å². The summed E-state index contributed by atoms with van der Waals surface area (Å²) in [5.74, 6) is 0. The smallest absolute Gasteiger partial charge is 0.0991 e. The van der Waals surface area contributed by atoms with E-state index in [1.165, 1.54) is 24.8 Å². The number of nitriles is 1. The second-order valence-corrected chi connectivity index (χ2v) is 5.08. The van der Waals surface area contributed by atoms with Gasteiger partial charge in [0.05, 0.1) is 11.6 Å². The molecule has 0 atom stereocenters. The Bertz CT molecular complexity index is 388. The molecule has 1 aliphatic rings. The van der Waals surface area contributed by atoms with Gasteiger partial charge in [-0.1, -0.05) is 25.5 Å². The van der Waals surface area contributed by atoms with Crippen LogP contribution in [0.5, 0.6) is 0 Å². The molecule has 1 aromatic carbocycles. The Hall–Kier alpha value is -1.04. The molecule has 0 aliphatic heterocycles. The first kappa shape index (κ1) is 14.0. The van der Waals surface area contributed by atoms with E-state index in [2.05, 4.69) is 18.3 Å². The molecule has 2 nitrogen and oxygen atoms in total. The van der Waals surface area contributed by atoms with E-state index in [0.717, 1.165) is 18.7 Å². The first-order valence-electron chi connectivity index (χ1n) is 5.92. The van der Waals surface area contributed by atoms with Crippen molar-refractivity contribution in [2.45, 2.75) is 32.7 Å². The van der Waals surface area contributed by atoms with Crippen LogP contribution < -0.4 is 5.32 Å². The summed E-state index contributed by atoms with van der Waals surface area (Å²) in [7, 11) is 0. The Morgan fingerprint density at radius 1 is 1.29 bits per heavy atom. The van der Waals surface area contributed by atoms with Gasteiger partial charge in [0.15, 0.2) is 0 Å². The average molecular weight is 251 g/mol. The lowest BCUT2D eigenvalue weighted by molar-refractivity contribution is 0.156. The van der Waals surface area contributed by atoms with Gasteiger partial charge < -0.3 is 5.32 Å². The second-order valence-electron chi connectivity index (χ2n) is 5.08. The molecule has 0 saturated heterocycles. The van der Waals surface area contributed by atoms with Crippen LogP contribution in [-0.4, -0.2) is 6.54 Å². The predicted octanol–water partition coefficient (Wildman–Crippen LogP) is 3.26. The molecular formula is C14H19ClN2. The van der Waals surface area contributed by atoms with Gasteiger partial charge in [-0.3, -0.25) is 0 Å². The van der Waals surface area contributed by atoms with Crippen molar-refractivity contribution >= 4 is 12.4 Å². The Labute approximate surface area is 109 Å². The fraction of sp³-hybridized carbons (Fsp3) is 0.500. The maximum absolute atomic E-state index is 8.69. The van der Waals surface area contributed by atoms with Crippen LogP contribution in [0.25, 0.3) is 0 Å². The summed E-state index contributed by atoms with van der Waals surface area (Å²) in [6, 6.07) is 9.93. The van der Waals surface area contributed by atoms with E-state index in [4.69, 9.17) is 5.26 Å². The van der Waals surface area contributed by atoms with E-state index < -0.39 is 0 Å². The van der Waals surface area contributed by atoms with Crippen LogP contribution in [0.4, 0.5) is 0 Å². The van der Waals surface area contributed by atoms with E-state index in [9.17, 15) is 0 Å². The van der Waals surface area contributed by atoms with Gasteiger partial charge in [0, 0.05) is 13.1 Å². The number of nitrogens with zero attached hydrogens (tertiary/aromatic N) is 1. The molecule has 0 aromatic heterocycles. The van der Waals surface area contributed by atoms with Crippen LogP contribution in [0.3, 0.4) is 0 Å². The zero-order valence-electron chi connectivity index (χ0n) is 10.2. The van der Waals surface area contributed by atoms with Gasteiger partial charge in [0.1, 0.15) is 0 Å². The lowest BCUT2D eigenvalue weighted by Gasteiger charge is -2.38. The molecule has 1 saturated carbocycles. The maximum atomic E-state index is 8.69. The molecule has 1 aromatic rings. The number of hydrogen-bond acceptors (Lipinski definition) is 2. The van der Waals surface area contributed by atoms with Gasteiger partial charge in [0.25, 0.3) is 0 Å². The molecule has 17 heavy (non-hydrogen) atoms. The SMILES string of the molecule is CC1(CNCc2ccc(C#N)cc2)CCC1.Cl. The molecule has 1 N–H and O–H groups in total. The van der Waals surface area contributed by atoms with Gasteiger partial charge in [-0.05, 0) is 36.0 Å². The summed E-state index contributed by atoms with van der Waals surface area (Å²) in [4.78, 5) is 0. The summed E-state index contributed by atoms with van der Waals surface area (Å²) < 4.78 is 0. The molecule has 0 unspecified atom stereocenters. The van der Waals surface area contributed by atoms with Crippen LogP contribution in [0.2, 0.25) is 0 Å². The largest absolute Gasteiger partial charge is 0.312 e. The highest BCUT2D eigenvalue weighted by atomic mass is 35.5. The summed E-state index contributed by atoms with van der Waals surface area (Å²) in [6.45, 7) is 4.36. The summed E-state index contributed by atoms with van der Waals surface area (Å²) in [5.41, 5.74) is 2.52. The van der Waals surface area contributed by atoms with Crippen molar-refractivity contribution in [2.24, 2.45) is 5.41 Å². The molecular weight excluding hydrogens is 232 g/mol. The van der Waals surface area contributed by atoms with Crippen LogP contribution in [0, 0.1) is 16.7 Å². The third kappa shape index (κ3) is 3.73. The number of halogens is 1. The highest BCUT2D eigenvalue weighted by molar-refractivity contribution is 5.85. The Morgan fingerprint density at radius 2 is 1.94 bits per heavy atom. The van der Waals surface area contributed by atoms with Crippen molar-refractivity contribution in [1.82, 2.24) is 5.32 Å². The van der Waals surface area contributed by atoms with E-state index in [-0.39, 0.29) is 12.4 Å². The maximum Gasteiger partial charge on any atom is 0.0991 e. The van der Waals surface area contributed by atoms with Crippen LogP contribution in [-0.2, 0) is 6.54 Å². The third-order valence-corrected chi connectivity index (χ3v) is 3.52. The predicted molar refractivity (Wildman–Crippen MR) is 72.1 cm³/mol. The van der Waals surface area contributed by atoms with Gasteiger partial charge >= 0.3 is 0 Å². The minimum Gasteiger partial charge on any atom is -0.312 e. The van der Waals surface area contributed by atoms with Gasteiger partial charge in [-0.25, -0.2) is 0 Å². The molecule has 0 bridgehead atoms. The average Bonchev–Trinajstić information content (AvgIpc) is 2.28. The Balaban J connectivity index is 0.00000144. The first-order valence-corrected chi connectivity index (χ1v) is 5.92. The van der Waals surface area contributed by atoms with Crippen molar-refractivity contribution in [3.8, 4) is 6.07 Å². The molecule has 0 spiro atoms. The quantitative estimate of drug-likeness (QED) is 0.890. The molecule has 2 rings (SSSR count). The highest BCUT2D eigenvalue weighted by Gasteiger charge is 2.30. The fourth-order valence-electron chi connectivity index (χ4n) is 2.16. The minimum atomic E-state index is 0. The minimum absolute atomic E-state index is 0. The molecule has 0 amide bonds. The summed E-state index contributed by atoms with van der Waals surface area (Å²) in [6.07, 6.45) is 4.09. The van der Waals surface area contributed by atoms with Gasteiger partial charge in [-0.15, -0.1) is 12.4 Å². The first-order chi connectivity index (χ1) is 7.72. The lowest BCUT2D eigenvalue weighted by Crippen LogP contribution is -2.36. The number of nitrogens with one attached hydrogen (secondary N) is 1. The summed E-state index contributed by atoms with van der Waals surface area (Å²) in [5, 5.41) is 12.2. The van der Waals surface area contributed by atoms with Gasteiger partial charge in [0.2, 0.25) is 0 Å². The van der Waals surface area contributed by atoms with Gasteiger partial charge in [-0.2, -0.15) is 5.26 Å². The molecule has 3 heteroatoms. The molecule has 1 fully saturated rings. The normalized spacial score (nSPS) is 16.5. The zero-order valence-corrected chi connectivity index (χ0v) is 11.0. The lowest BCUT2D eigenvalue weighted by atomic mass is 9.70. The highest BCUT2D eigenvalue weighted by Crippen LogP contribution is 2.39. The number of benzene rings is 1. The topological polar surface area (TPSA) is 35.8 Å². The molecule has 0 heterocycles. The van der Waals surface area contributed by atoms with E-state index >= 15 is 0 Å². The molecule has 92 valence electrons. The van der Waals surface area contributed by atoms with Crippen molar-refractivity contribution in [1.29, 1.82) is 5.26 Å². The third-order valence-electron chi connectivity index (χ3n) is 3.52. The van der Waals surface area contributed by atoms with Crippen molar-refractivity contribution in [3.63, 3.8) is 0 Å². The van der Waals surface area contributed by atoms with Crippen LogP contribution >= 0.6 is 12.4 Å². The van der Waals surface area contributed by atoms with Crippen LogP contribution in [0.15, 0.2) is 24.3 Å². The monoisotopic (exact) mass is 250 g/mol. The second kappa shape index (κ2) is 6.05. The summed E-state index contributed by atoms with van der Waals surface area (Å²) >= 11 is 0. The Kier molecular flexibility index (Phi) is 4.99. The van der Waals surface area contributed by atoms with E-state index in [1.807, 2.05) is 24.3 Å².